The fourth-order valence-corrected chi connectivity index (χ4v) is 2.68. The fourth-order valence-electron chi connectivity index (χ4n) is 2.68. The van der Waals surface area contributed by atoms with Crippen LogP contribution in [-0.4, -0.2) is 44.8 Å². The van der Waals surface area contributed by atoms with Gasteiger partial charge in [0.05, 0.1) is 30.6 Å². The van der Waals surface area contributed by atoms with Crippen LogP contribution in [0.3, 0.4) is 0 Å². The lowest BCUT2D eigenvalue weighted by Crippen LogP contribution is -2.35. The van der Waals surface area contributed by atoms with Crippen LogP contribution < -0.4 is 5.32 Å². The third kappa shape index (κ3) is 11.3. The van der Waals surface area contributed by atoms with Gasteiger partial charge in [-0.1, -0.05) is 25.5 Å². The lowest BCUT2D eigenvalue weighted by Gasteiger charge is -2.29. The Hall–Kier alpha value is -1.47. The Bertz CT molecular complexity index is 599. The van der Waals surface area contributed by atoms with Crippen molar-refractivity contribution in [2.75, 3.05) is 6.61 Å². The third-order valence-corrected chi connectivity index (χ3v) is 5.11. The van der Waals surface area contributed by atoms with Crippen LogP contribution in [0.2, 0.25) is 0 Å². The van der Waals surface area contributed by atoms with Crippen LogP contribution in [0.25, 0.3) is 0 Å². The molecule has 0 aromatic carbocycles. The van der Waals surface area contributed by atoms with Gasteiger partial charge in [0.2, 0.25) is 5.91 Å². The summed E-state index contributed by atoms with van der Waals surface area (Å²) in [4.78, 5) is 12.0. The predicted molar refractivity (Wildman–Crippen MR) is 116 cm³/mol. The van der Waals surface area contributed by atoms with E-state index < -0.39 is 0 Å². The van der Waals surface area contributed by atoms with E-state index in [-0.39, 0.29) is 23.2 Å². The van der Waals surface area contributed by atoms with Crippen molar-refractivity contribution < 1.29 is 14.3 Å². The molecule has 1 aromatic rings. The molecule has 7 heteroatoms. The number of hydrogen-bond donors (Lipinski definition) is 1. The lowest BCUT2D eigenvalue weighted by molar-refractivity contribution is -0.124. The molecule has 1 amide bonds. The minimum Gasteiger partial charge on any atom is -0.375 e. The average Bonchev–Trinajstić information content (AvgIpc) is 3.11. The van der Waals surface area contributed by atoms with E-state index in [0.717, 1.165) is 37.9 Å². The van der Waals surface area contributed by atoms with Crippen LogP contribution in [0.5, 0.6) is 0 Å². The highest BCUT2D eigenvalue weighted by atomic mass is 16.5. The van der Waals surface area contributed by atoms with Gasteiger partial charge in [-0.2, -0.15) is 0 Å². The number of aromatic nitrogens is 3. The smallest absolute Gasteiger partial charge is 0.220 e. The van der Waals surface area contributed by atoms with Crippen molar-refractivity contribution in [2.24, 2.45) is 0 Å². The standard InChI is InChI=1S/C22H42N4O3/c1-8-10-14-26-16-19(24-25-26)17-29-22(6,7)13-15-28-21(4,5)12-11-20(27)23-18(3)9-2/h16,18H,8-15,17H2,1-7H3,(H,23,27)/t18-/m0/s1. The highest BCUT2D eigenvalue weighted by molar-refractivity contribution is 5.76. The zero-order valence-electron chi connectivity index (χ0n) is 19.6. The van der Waals surface area contributed by atoms with E-state index in [1.807, 2.05) is 31.6 Å². The van der Waals surface area contributed by atoms with Crippen LogP contribution in [-0.2, 0) is 27.4 Å². The van der Waals surface area contributed by atoms with Crippen molar-refractivity contribution >= 4 is 5.91 Å². The largest absolute Gasteiger partial charge is 0.375 e. The summed E-state index contributed by atoms with van der Waals surface area (Å²) in [5.74, 6) is 0.0895. The van der Waals surface area contributed by atoms with E-state index >= 15 is 0 Å². The first kappa shape index (κ1) is 25.6. The van der Waals surface area contributed by atoms with E-state index in [4.69, 9.17) is 9.47 Å². The lowest BCUT2D eigenvalue weighted by atomic mass is 10.0. The molecule has 0 fully saturated rings. The highest BCUT2D eigenvalue weighted by Crippen LogP contribution is 2.21. The monoisotopic (exact) mass is 410 g/mol. The first-order chi connectivity index (χ1) is 13.6. The molecule has 29 heavy (non-hydrogen) atoms. The molecule has 0 saturated heterocycles. The minimum absolute atomic E-state index is 0.0895. The Morgan fingerprint density at radius 1 is 1.17 bits per heavy atom. The van der Waals surface area contributed by atoms with Crippen molar-refractivity contribution in [3.8, 4) is 0 Å². The second kappa shape index (κ2) is 12.3. The molecular formula is C22H42N4O3. The summed E-state index contributed by atoms with van der Waals surface area (Å²) in [5, 5.41) is 11.3. The molecule has 0 aliphatic rings. The first-order valence-corrected chi connectivity index (χ1v) is 11.0. The molecule has 0 spiro atoms. The molecule has 0 bridgehead atoms. The normalized spacial score (nSPS) is 13.5. The molecule has 1 N–H and O–H groups in total. The third-order valence-electron chi connectivity index (χ3n) is 5.11. The summed E-state index contributed by atoms with van der Waals surface area (Å²) in [6.45, 7) is 16.4. The molecule has 0 aliphatic carbocycles. The van der Waals surface area contributed by atoms with Gasteiger partial charge in [0, 0.05) is 19.0 Å². The van der Waals surface area contributed by atoms with Crippen LogP contribution >= 0.6 is 0 Å². The maximum atomic E-state index is 12.0. The number of nitrogens with one attached hydrogen (secondary N) is 1. The zero-order valence-corrected chi connectivity index (χ0v) is 19.6. The highest BCUT2D eigenvalue weighted by Gasteiger charge is 2.24. The molecule has 0 saturated carbocycles. The summed E-state index contributed by atoms with van der Waals surface area (Å²) in [5.41, 5.74) is 0.185. The maximum Gasteiger partial charge on any atom is 0.220 e. The van der Waals surface area contributed by atoms with E-state index in [0.29, 0.717) is 26.1 Å². The fraction of sp³-hybridized carbons (Fsp3) is 0.864. The molecule has 1 aromatic heterocycles. The molecule has 0 unspecified atom stereocenters. The number of carbonyl (C=O) groups excluding carboxylic acids is 1. The molecule has 0 aliphatic heterocycles. The van der Waals surface area contributed by atoms with Crippen LogP contribution in [0, 0.1) is 0 Å². The molecule has 7 nitrogen and oxygen atoms in total. The number of ether oxygens (including phenoxy) is 2. The summed E-state index contributed by atoms with van der Waals surface area (Å²) in [6, 6.07) is 0.220. The van der Waals surface area contributed by atoms with E-state index in [2.05, 4.69) is 43.3 Å². The maximum absolute atomic E-state index is 12.0. The van der Waals surface area contributed by atoms with E-state index in [9.17, 15) is 4.79 Å². The van der Waals surface area contributed by atoms with Crippen LogP contribution in [0.1, 0.15) is 92.7 Å². The molecule has 1 rings (SSSR count). The Balaban J connectivity index is 2.31. The summed E-state index contributed by atoms with van der Waals surface area (Å²) >= 11 is 0. The van der Waals surface area contributed by atoms with Crippen LogP contribution in [0.4, 0.5) is 0 Å². The average molecular weight is 411 g/mol. The number of aryl methyl sites for hydroxylation is 1. The van der Waals surface area contributed by atoms with Gasteiger partial charge < -0.3 is 14.8 Å². The van der Waals surface area contributed by atoms with Crippen molar-refractivity contribution in [1.82, 2.24) is 20.3 Å². The number of rotatable bonds is 15. The Morgan fingerprint density at radius 3 is 2.52 bits per heavy atom. The molecule has 0 radical (unpaired) electrons. The van der Waals surface area contributed by atoms with Gasteiger partial charge in [-0.25, -0.2) is 0 Å². The number of amides is 1. The number of carbonyl (C=O) groups is 1. The minimum atomic E-state index is -0.342. The first-order valence-electron chi connectivity index (χ1n) is 11.0. The number of hydrogen-bond acceptors (Lipinski definition) is 5. The number of unbranched alkanes of at least 4 members (excludes halogenated alkanes) is 1. The Morgan fingerprint density at radius 2 is 1.86 bits per heavy atom. The van der Waals surface area contributed by atoms with Crippen molar-refractivity contribution in [1.29, 1.82) is 0 Å². The Kier molecular flexibility index (Phi) is 10.8. The molecule has 1 atom stereocenters. The molecular weight excluding hydrogens is 368 g/mol. The second-order valence-corrected chi connectivity index (χ2v) is 9.11. The van der Waals surface area contributed by atoms with Crippen molar-refractivity contribution in [3.63, 3.8) is 0 Å². The topological polar surface area (TPSA) is 78.3 Å². The van der Waals surface area contributed by atoms with Gasteiger partial charge in [0.25, 0.3) is 0 Å². The zero-order chi connectivity index (χ0) is 21.9. The van der Waals surface area contributed by atoms with E-state index in [1.54, 1.807) is 0 Å². The van der Waals surface area contributed by atoms with Gasteiger partial charge in [-0.15, -0.1) is 5.10 Å². The summed E-state index contributed by atoms with van der Waals surface area (Å²) < 4.78 is 14.0. The van der Waals surface area contributed by atoms with Crippen LogP contribution in [0.15, 0.2) is 6.20 Å². The van der Waals surface area contributed by atoms with Gasteiger partial charge in [-0.05, 0) is 60.3 Å². The quantitative estimate of drug-likeness (QED) is 0.467. The van der Waals surface area contributed by atoms with E-state index in [1.165, 1.54) is 0 Å². The summed E-state index contributed by atoms with van der Waals surface area (Å²) in [7, 11) is 0. The second-order valence-electron chi connectivity index (χ2n) is 9.11. The van der Waals surface area contributed by atoms with Gasteiger partial charge in [0.1, 0.15) is 5.69 Å². The van der Waals surface area contributed by atoms with Crippen molar-refractivity contribution in [2.45, 2.75) is 117 Å². The van der Waals surface area contributed by atoms with Gasteiger partial charge in [0.15, 0.2) is 0 Å². The molecule has 168 valence electrons. The summed E-state index contributed by atoms with van der Waals surface area (Å²) in [6.07, 6.45) is 7.06. The van der Waals surface area contributed by atoms with Gasteiger partial charge in [-0.3, -0.25) is 9.48 Å². The molecule has 1 heterocycles. The van der Waals surface area contributed by atoms with Gasteiger partial charge >= 0.3 is 0 Å². The predicted octanol–water partition coefficient (Wildman–Crippen LogP) is 4.25. The Labute approximate surface area is 176 Å². The SMILES string of the molecule is CCCCn1cc(COC(C)(C)CCOC(C)(C)CCC(=O)N[C@@H](C)CC)nn1. The van der Waals surface area contributed by atoms with Crippen molar-refractivity contribution in [3.05, 3.63) is 11.9 Å². The number of nitrogens with zero attached hydrogens (tertiary/aromatic N) is 3.